The maximum absolute atomic E-state index is 10.1. The normalized spacial score (nSPS) is 7.71. The third-order valence-electron chi connectivity index (χ3n) is 0.490. The Bertz CT molecular complexity index is 63.2. The molecule has 0 aliphatic heterocycles. The Morgan fingerprint density at radius 3 is 2.57 bits per heavy atom. The molecule has 0 fully saturated rings. The van der Waals surface area contributed by atoms with Gasteiger partial charge in [0.15, 0.2) is 0 Å². The fraction of sp³-hybridized carbons (Fsp3) is 0.667. The molecule has 0 saturated carbocycles. The standard InChI is InChI=1S/C3H9N3O/c1-5-3(7)6-2-4/h2,4H2,1H3,(H2,5,6,7). The summed E-state index contributed by atoms with van der Waals surface area (Å²) in [4.78, 5) is 10.1. The van der Waals surface area contributed by atoms with E-state index in [0.29, 0.717) is 0 Å². The highest BCUT2D eigenvalue weighted by molar-refractivity contribution is 5.73. The molecule has 0 atom stereocenters. The van der Waals surface area contributed by atoms with Gasteiger partial charge in [-0.25, -0.2) is 4.79 Å². The molecule has 4 N–H and O–H groups in total. The highest BCUT2D eigenvalue weighted by atomic mass is 16.2. The average Bonchev–Trinajstić information content (AvgIpc) is 1.68. The van der Waals surface area contributed by atoms with Gasteiger partial charge in [0.1, 0.15) is 0 Å². The largest absolute Gasteiger partial charge is 0.341 e. The lowest BCUT2D eigenvalue weighted by atomic mass is 10.9. The number of nitrogens with two attached hydrogens (primary N) is 1. The number of rotatable bonds is 1. The van der Waals surface area contributed by atoms with E-state index < -0.39 is 0 Å². The summed E-state index contributed by atoms with van der Waals surface area (Å²) in [5, 5.41) is 4.66. The number of urea groups is 1. The molecule has 0 aromatic heterocycles. The van der Waals surface area contributed by atoms with Crippen molar-refractivity contribution in [1.82, 2.24) is 10.6 Å². The summed E-state index contributed by atoms with van der Waals surface area (Å²) in [6.07, 6.45) is 0. The van der Waals surface area contributed by atoms with Crippen LogP contribution in [0.2, 0.25) is 0 Å². The third-order valence-corrected chi connectivity index (χ3v) is 0.490. The van der Waals surface area contributed by atoms with Gasteiger partial charge in [-0.1, -0.05) is 0 Å². The zero-order valence-corrected chi connectivity index (χ0v) is 4.19. The van der Waals surface area contributed by atoms with Gasteiger partial charge in [-0.2, -0.15) is 0 Å². The van der Waals surface area contributed by atoms with Crippen molar-refractivity contribution >= 4 is 6.03 Å². The Morgan fingerprint density at radius 2 is 2.43 bits per heavy atom. The molecule has 0 aliphatic carbocycles. The number of amides is 2. The molecular formula is C3H9N3O. The highest BCUT2D eigenvalue weighted by Gasteiger charge is 1.86. The first-order chi connectivity index (χ1) is 3.31. The molecule has 7 heavy (non-hydrogen) atoms. The van der Waals surface area contributed by atoms with Crippen molar-refractivity contribution in [2.24, 2.45) is 5.73 Å². The van der Waals surface area contributed by atoms with Crippen LogP contribution in [0.5, 0.6) is 0 Å². The van der Waals surface area contributed by atoms with Crippen molar-refractivity contribution in [3.63, 3.8) is 0 Å². The number of nitrogens with one attached hydrogen (secondary N) is 2. The van der Waals surface area contributed by atoms with Crippen LogP contribution in [0.25, 0.3) is 0 Å². The quantitative estimate of drug-likeness (QED) is 0.366. The fourth-order valence-electron chi connectivity index (χ4n) is 0.181. The Kier molecular flexibility index (Phi) is 3.04. The molecule has 0 rings (SSSR count). The van der Waals surface area contributed by atoms with Crippen LogP contribution in [0.4, 0.5) is 4.79 Å². The van der Waals surface area contributed by atoms with Gasteiger partial charge in [0.05, 0.1) is 6.67 Å². The lowest BCUT2D eigenvalue weighted by Crippen LogP contribution is -2.36. The maximum atomic E-state index is 10.1. The Morgan fingerprint density at radius 1 is 1.86 bits per heavy atom. The molecule has 0 aliphatic rings. The molecule has 0 radical (unpaired) electrons. The predicted octanol–water partition coefficient (Wildman–Crippen LogP) is -1.17. The SMILES string of the molecule is CNC(=O)NCN. The number of carbonyl (C=O) groups excluding carboxylic acids is 1. The Labute approximate surface area is 42.1 Å². The summed E-state index contributed by atoms with van der Waals surface area (Å²) >= 11 is 0. The maximum Gasteiger partial charge on any atom is 0.315 e. The zero-order valence-electron chi connectivity index (χ0n) is 4.19. The molecule has 2 amide bonds. The van der Waals surface area contributed by atoms with Crippen molar-refractivity contribution in [3.8, 4) is 0 Å². The molecule has 0 unspecified atom stereocenters. The summed E-state index contributed by atoms with van der Waals surface area (Å²) in [5.41, 5.74) is 4.93. The Hall–Kier alpha value is -0.770. The van der Waals surface area contributed by atoms with Crippen molar-refractivity contribution in [2.75, 3.05) is 13.7 Å². The van der Waals surface area contributed by atoms with Gasteiger partial charge in [-0.05, 0) is 0 Å². The van der Waals surface area contributed by atoms with Gasteiger partial charge in [-0.3, -0.25) is 0 Å². The first kappa shape index (κ1) is 6.23. The first-order valence-electron chi connectivity index (χ1n) is 1.97. The van der Waals surface area contributed by atoms with Gasteiger partial charge in [0, 0.05) is 7.05 Å². The molecule has 0 bridgehead atoms. The van der Waals surface area contributed by atoms with E-state index in [1.165, 1.54) is 7.05 Å². The van der Waals surface area contributed by atoms with Crippen molar-refractivity contribution < 1.29 is 4.79 Å². The topological polar surface area (TPSA) is 67.2 Å². The van der Waals surface area contributed by atoms with E-state index in [4.69, 9.17) is 5.73 Å². The molecule has 42 valence electrons. The fourth-order valence-corrected chi connectivity index (χ4v) is 0.181. The van der Waals surface area contributed by atoms with Crippen molar-refractivity contribution in [1.29, 1.82) is 0 Å². The minimum absolute atomic E-state index is 0.180. The summed E-state index contributed by atoms with van der Waals surface area (Å²) in [6.45, 7) is 0.180. The van der Waals surface area contributed by atoms with E-state index in [2.05, 4.69) is 10.6 Å². The average molecular weight is 103 g/mol. The summed E-state index contributed by atoms with van der Waals surface area (Å²) < 4.78 is 0. The monoisotopic (exact) mass is 103 g/mol. The lowest BCUT2D eigenvalue weighted by molar-refractivity contribution is 0.243. The summed E-state index contributed by atoms with van der Waals surface area (Å²) in [5.74, 6) is 0. The van der Waals surface area contributed by atoms with Crippen LogP contribution in [0.3, 0.4) is 0 Å². The van der Waals surface area contributed by atoms with Gasteiger partial charge < -0.3 is 16.4 Å². The molecule has 0 aromatic rings. The van der Waals surface area contributed by atoms with Crippen LogP contribution in [-0.4, -0.2) is 19.7 Å². The van der Waals surface area contributed by atoms with Crippen LogP contribution >= 0.6 is 0 Å². The first-order valence-corrected chi connectivity index (χ1v) is 1.97. The van der Waals surface area contributed by atoms with Crippen molar-refractivity contribution in [2.45, 2.75) is 0 Å². The van der Waals surface area contributed by atoms with E-state index in [-0.39, 0.29) is 12.7 Å². The van der Waals surface area contributed by atoms with Gasteiger partial charge in [-0.15, -0.1) is 0 Å². The molecular weight excluding hydrogens is 94.1 g/mol. The summed E-state index contributed by atoms with van der Waals surface area (Å²) in [7, 11) is 1.53. The van der Waals surface area contributed by atoms with Gasteiger partial charge in [0.25, 0.3) is 0 Å². The molecule has 0 saturated heterocycles. The van der Waals surface area contributed by atoms with Crippen LogP contribution in [0, 0.1) is 0 Å². The minimum atomic E-state index is -0.248. The number of carbonyl (C=O) groups is 1. The third kappa shape index (κ3) is 3.05. The van der Waals surface area contributed by atoms with E-state index >= 15 is 0 Å². The number of hydrogen-bond donors (Lipinski definition) is 3. The Balaban J connectivity index is 3.00. The highest BCUT2D eigenvalue weighted by Crippen LogP contribution is 1.51. The van der Waals surface area contributed by atoms with Gasteiger partial charge in [0.2, 0.25) is 0 Å². The predicted molar refractivity (Wildman–Crippen MR) is 26.6 cm³/mol. The minimum Gasteiger partial charge on any atom is -0.341 e. The van der Waals surface area contributed by atoms with Gasteiger partial charge >= 0.3 is 6.03 Å². The van der Waals surface area contributed by atoms with E-state index in [1.807, 2.05) is 0 Å². The smallest absolute Gasteiger partial charge is 0.315 e. The second-order valence-electron chi connectivity index (χ2n) is 0.960. The molecule has 0 aromatic carbocycles. The van der Waals surface area contributed by atoms with Crippen molar-refractivity contribution in [3.05, 3.63) is 0 Å². The molecule has 4 nitrogen and oxygen atoms in total. The van der Waals surface area contributed by atoms with Crippen LogP contribution in [0.15, 0.2) is 0 Å². The second kappa shape index (κ2) is 3.42. The van der Waals surface area contributed by atoms with E-state index in [1.54, 1.807) is 0 Å². The zero-order chi connectivity index (χ0) is 5.70. The van der Waals surface area contributed by atoms with Crippen LogP contribution in [0.1, 0.15) is 0 Å². The van der Waals surface area contributed by atoms with E-state index in [0.717, 1.165) is 0 Å². The van der Waals surface area contributed by atoms with Crippen LogP contribution in [-0.2, 0) is 0 Å². The van der Waals surface area contributed by atoms with Crippen LogP contribution < -0.4 is 16.4 Å². The lowest BCUT2D eigenvalue weighted by Gasteiger charge is -1.96. The molecule has 4 heteroatoms. The summed E-state index contributed by atoms with van der Waals surface area (Å²) in [6, 6.07) is -0.248. The molecule has 0 spiro atoms. The number of hydrogen-bond acceptors (Lipinski definition) is 2. The van der Waals surface area contributed by atoms with E-state index in [9.17, 15) is 4.79 Å². The molecule has 0 heterocycles. The second-order valence-corrected chi connectivity index (χ2v) is 0.960.